The van der Waals surface area contributed by atoms with Gasteiger partial charge in [0, 0.05) is 6.07 Å². The third kappa shape index (κ3) is 1.77. The first-order valence-electron chi connectivity index (χ1n) is 5.43. The van der Waals surface area contributed by atoms with Crippen LogP contribution in [0.15, 0.2) is 12.1 Å². The van der Waals surface area contributed by atoms with E-state index in [1.807, 2.05) is 27.7 Å². The molecule has 0 saturated carbocycles. The Balaban J connectivity index is 2.85. The smallest absolute Gasteiger partial charge is 0.125 e. The summed E-state index contributed by atoms with van der Waals surface area (Å²) in [4.78, 5) is 8.88. The van der Waals surface area contributed by atoms with Crippen molar-refractivity contribution in [3.63, 3.8) is 0 Å². The number of hydrogen-bond donors (Lipinski definition) is 0. The quantitative estimate of drug-likeness (QED) is 0.732. The van der Waals surface area contributed by atoms with Gasteiger partial charge in [0.15, 0.2) is 0 Å². The number of hydrogen-bond acceptors (Lipinski definition) is 2. The van der Waals surface area contributed by atoms with Crippen molar-refractivity contribution in [1.82, 2.24) is 9.97 Å². The van der Waals surface area contributed by atoms with Crippen molar-refractivity contribution in [1.29, 1.82) is 0 Å². The molecule has 0 radical (unpaired) electrons. The fourth-order valence-electron chi connectivity index (χ4n) is 1.76. The Morgan fingerprint density at radius 1 is 1.06 bits per heavy atom. The molecule has 3 heteroatoms. The van der Waals surface area contributed by atoms with Crippen LogP contribution in [-0.2, 0) is 0 Å². The molecule has 0 atom stereocenters. The minimum atomic E-state index is -0.242. The standard InChI is InChI=1S/C13H15FN2/c1-7(2)11-5-10(14)6-12-13(11)16-9(4)8(3)15-12/h5-7H,1-4H3. The molecule has 1 aromatic carbocycles. The second-order valence-electron chi connectivity index (χ2n) is 4.41. The van der Waals surface area contributed by atoms with Crippen LogP contribution in [0.3, 0.4) is 0 Å². The Morgan fingerprint density at radius 3 is 2.31 bits per heavy atom. The van der Waals surface area contributed by atoms with Gasteiger partial charge in [0.2, 0.25) is 0 Å². The van der Waals surface area contributed by atoms with Gasteiger partial charge >= 0.3 is 0 Å². The van der Waals surface area contributed by atoms with E-state index < -0.39 is 0 Å². The number of aromatic nitrogens is 2. The third-order valence-corrected chi connectivity index (χ3v) is 2.80. The van der Waals surface area contributed by atoms with Gasteiger partial charge in [-0.15, -0.1) is 0 Å². The number of halogens is 1. The fraction of sp³-hybridized carbons (Fsp3) is 0.385. The van der Waals surface area contributed by atoms with Crippen molar-refractivity contribution in [2.45, 2.75) is 33.6 Å². The fourth-order valence-corrected chi connectivity index (χ4v) is 1.76. The minimum absolute atomic E-state index is 0.242. The zero-order valence-electron chi connectivity index (χ0n) is 10.0. The van der Waals surface area contributed by atoms with Crippen molar-refractivity contribution in [2.75, 3.05) is 0 Å². The van der Waals surface area contributed by atoms with E-state index in [0.29, 0.717) is 5.52 Å². The molecule has 1 aromatic heterocycles. The van der Waals surface area contributed by atoms with E-state index in [-0.39, 0.29) is 11.7 Å². The van der Waals surface area contributed by atoms with Crippen LogP contribution in [0, 0.1) is 19.7 Å². The maximum atomic E-state index is 13.4. The SMILES string of the molecule is Cc1nc2cc(F)cc(C(C)C)c2nc1C. The number of aryl methyl sites for hydroxylation is 2. The van der Waals surface area contributed by atoms with E-state index in [2.05, 4.69) is 9.97 Å². The summed E-state index contributed by atoms with van der Waals surface area (Å²) in [5, 5.41) is 0. The average molecular weight is 218 g/mol. The highest BCUT2D eigenvalue weighted by Gasteiger charge is 2.11. The molecule has 0 fully saturated rings. The lowest BCUT2D eigenvalue weighted by Gasteiger charge is -2.10. The van der Waals surface area contributed by atoms with Gasteiger partial charge in [0.1, 0.15) is 5.82 Å². The Labute approximate surface area is 94.5 Å². The first-order chi connectivity index (χ1) is 7.49. The van der Waals surface area contributed by atoms with Crippen LogP contribution in [0.2, 0.25) is 0 Å². The highest BCUT2D eigenvalue weighted by molar-refractivity contribution is 5.79. The summed E-state index contributed by atoms with van der Waals surface area (Å²) in [5.41, 5.74) is 4.14. The Kier molecular flexibility index (Phi) is 2.62. The summed E-state index contributed by atoms with van der Waals surface area (Å²) in [6.45, 7) is 7.88. The van der Waals surface area contributed by atoms with Gasteiger partial charge in [-0.3, -0.25) is 0 Å². The maximum absolute atomic E-state index is 13.4. The van der Waals surface area contributed by atoms with Crippen LogP contribution in [0.4, 0.5) is 4.39 Å². The van der Waals surface area contributed by atoms with Gasteiger partial charge in [-0.05, 0) is 31.4 Å². The average Bonchev–Trinajstić information content (AvgIpc) is 2.19. The number of rotatable bonds is 1. The first kappa shape index (κ1) is 11.0. The van der Waals surface area contributed by atoms with Gasteiger partial charge < -0.3 is 0 Å². The van der Waals surface area contributed by atoms with Gasteiger partial charge in [0.05, 0.1) is 22.4 Å². The molecular formula is C13H15FN2. The zero-order valence-corrected chi connectivity index (χ0v) is 10.0. The molecule has 0 aliphatic heterocycles. The van der Waals surface area contributed by atoms with Crippen molar-refractivity contribution < 1.29 is 4.39 Å². The number of benzene rings is 1. The lowest BCUT2D eigenvalue weighted by atomic mass is 10.0. The van der Waals surface area contributed by atoms with Crippen LogP contribution in [-0.4, -0.2) is 9.97 Å². The Hall–Kier alpha value is -1.51. The van der Waals surface area contributed by atoms with E-state index >= 15 is 0 Å². The molecule has 2 nitrogen and oxygen atoms in total. The van der Waals surface area contributed by atoms with E-state index in [1.165, 1.54) is 6.07 Å². The molecule has 0 N–H and O–H groups in total. The second kappa shape index (κ2) is 3.81. The Morgan fingerprint density at radius 2 is 1.69 bits per heavy atom. The molecule has 0 spiro atoms. The molecule has 1 heterocycles. The molecule has 0 saturated heterocycles. The predicted octanol–water partition coefficient (Wildman–Crippen LogP) is 3.51. The maximum Gasteiger partial charge on any atom is 0.125 e. The zero-order chi connectivity index (χ0) is 11.9. The van der Waals surface area contributed by atoms with Gasteiger partial charge in [-0.2, -0.15) is 0 Å². The molecule has 2 aromatic rings. The van der Waals surface area contributed by atoms with Gasteiger partial charge in [-0.1, -0.05) is 13.8 Å². The highest BCUT2D eigenvalue weighted by Crippen LogP contribution is 2.25. The number of fused-ring (bicyclic) bond motifs is 1. The summed E-state index contributed by atoms with van der Waals surface area (Å²) >= 11 is 0. The molecule has 84 valence electrons. The predicted molar refractivity (Wildman–Crippen MR) is 63.1 cm³/mol. The van der Waals surface area contributed by atoms with E-state index in [0.717, 1.165) is 22.5 Å². The molecule has 0 aliphatic rings. The topological polar surface area (TPSA) is 25.8 Å². The molecule has 0 amide bonds. The second-order valence-corrected chi connectivity index (χ2v) is 4.41. The molecule has 0 bridgehead atoms. The van der Waals surface area contributed by atoms with Crippen LogP contribution in [0.25, 0.3) is 11.0 Å². The monoisotopic (exact) mass is 218 g/mol. The van der Waals surface area contributed by atoms with Crippen molar-refractivity contribution >= 4 is 11.0 Å². The largest absolute Gasteiger partial charge is 0.249 e. The van der Waals surface area contributed by atoms with Crippen LogP contribution >= 0.6 is 0 Å². The van der Waals surface area contributed by atoms with E-state index in [1.54, 1.807) is 6.07 Å². The lowest BCUT2D eigenvalue weighted by Crippen LogP contribution is -1.99. The molecule has 2 rings (SSSR count). The van der Waals surface area contributed by atoms with E-state index in [4.69, 9.17) is 0 Å². The molecule has 16 heavy (non-hydrogen) atoms. The summed E-state index contributed by atoms with van der Waals surface area (Å²) in [7, 11) is 0. The van der Waals surface area contributed by atoms with Crippen molar-refractivity contribution in [2.24, 2.45) is 0 Å². The summed E-state index contributed by atoms with van der Waals surface area (Å²) in [6, 6.07) is 3.00. The summed E-state index contributed by atoms with van der Waals surface area (Å²) < 4.78 is 13.4. The minimum Gasteiger partial charge on any atom is -0.249 e. The van der Waals surface area contributed by atoms with Crippen LogP contribution < -0.4 is 0 Å². The summed E-state index contributed by atoms with van der Waals surface area (Å²) in [6.07, 6.45) is 0. The number of nitrogens with zero attached hydrogens (tertiary/aromatic N) is 2. The van der Waals surface area contributed by atoms with Crippen LogP contribution in [0.5, 0.6) is 0 Å². The van der Waals surface area contributed by atoms with Crippen molar-refractivity contribution in [3.8, 4) is 0 Å². The van der Waals surface area contributed by atoms with Gasteiger partial charge in [-0.25, -0.2) is 14.4 Å². The lowest BCUT2D eigenvalue weighted by molar-refractivity contribution is 0.625. The molecule has 0 aliphatic carbocycles. The first-order valence-corrected chi connectivity index (χ1v) is 5.43. The Bertz CT molecular complexity index is 547. The normalized spacial score (nSPS) is 11.4. The van der Waals surface area contributed by atoms with Crippen LogP contribution in [0.1, 0.15) is 36.7 Å². The molecular weight excluding hydrogens is 203 g/mol. The highest BCUT2D eigenvalue weighted by atomic mass is 19.1. The molecule has 0 unspecified atom stereocenters. The third-order valence-electron chi connectivity index (χ3n) is 2.80. The van der Waals surface area contributed by atoms with E-state index in [9.17, 15) is 4.39 Å². The summed E-state index contributed by atoms with van der Waals surface area (Å²) in [5.74, 6) is 0.00311. The van der Waals surface area contributed by atoms with Gasteiger partial charge in [0.25, 0.3) is 0 Å². The van der Waals surface area contributed by atoms with Crippen molar-refractivity contribution in [3.05, 3.63) is 34.9 Å².